The predicted molar refractivity (Wildman–Crippen MR) is 92.3 cm³/mol. The molecule has 5 heteroatoms. The molecule has 5 nitrogen and oxygen atoms in total. The second-order valence-corrected chi connectivity index (χ2v) is 7.10. The van der Waals surface area contributed by atoms with Crippen LogP contribution in [0.1, 0.15) is 44.1 Å². The first-order chi connectivity index (χ1) is 11.3. The molecule has 23 heavy (non-hydrogen) atoms. The monoisotopic (exact) mass is 313 g/mol. The number of hydrogen-bond acceptors (Lipinski definition) is 4. The van der Waals surface area contributed by atoms with E-state index in [1.54, 1.807) is 0 Å². The fourth-order valence-corrected chi connectivity index (χ4v) is 4.16. The lowest BCUT2D eigenvalue weighted by molar-refractivity contribution is 0.126. The fraction of sp³-hybridized carbons (Fsp3) is 0.667. The Bertz CT molecular complexity index is 658. The van der Waals surface area contributed by atoms with Crippen molar-refractivity contribution >= 4 is 11.2 Å². The lowest BCUT2D eigenvalue weighted by Crippen LogP contribution is -2.35. The van der Waals surface area contributed by atoms with Gasteiger partial charge in [0.15, 0.2) is 5.65 Å². The van der Waals surface area contributed by atoms with E-state index in [0.717, 1.165) is 36.6 Å². The highest BCUT2D eigenvalue weighted by molar-refractivity contribution is 5.71. The number of piperidine rings is 2. The number of rotatable bonds is 3. The molecule has 2 fully saturated rings. The standard InChI is InChI=1S/C18H27N5/c1-22-12-3-2-6-17(22)23-16(13-14-7-10-19-11-8-14)21-15-5-4-9-20-18(15)23/h4-5,9,14,17,19H,2-3,6-8,10-13H2,1H3. The van der Waals surface area contributed by atoms with Gasteiger partial charge in [0, 0.05) is 12.6 Å². The molecule has 2 saturated heterocycles. The predicted octanol–water partition coefficient (Wildman–Crippen LogP) is 2.59. The number of nitrogens with one attached hydrogen (secondary N) is 1. The van der Waals surface area contributed by atoms with E-state index in [9.17, 15) is 0 Å². The molecule has 124 valence electrons. The fourth-order valence-electron chi connectivity index (χ4n) is 4.16. The van der Waals surface area contributed by atoms with Crippen molar-refractivity contribution in [3.63, 3.8) is 0 Å². The first kappa shape index (κ1) is 15.1. The number of likely N-dealkylation sites (tertiary alicyclic amines) is 1. The van der Waals surface area contributed by atoms with Gasteiger partial charge in [-0.1, -0.05) is 0 Å². The van der Waals surface area contributed by atoms with Gasteiger partial charge in [0.1, 0.15) is 11.3 Å². The summed E-state index contributed by atoms with van der Waals surface area (Å²) in [5, 5.41) is 3.46. The van der Waals surface area contributed by atoms with Crippen LogP contribution in [-0.2, 0) is 6.42 Å². The van der Waals surface area contributed by atoms with Gasteiger partial charge in [-0.25, -0.2) is 9.97 Å². The molecule has 2 aromatic rings. The van der Waals surface area contributed by atoms with E-state index < -0.39 is 0 Å². The quantitative estimate of drug-likeness (QED) is 0.946. The zero-order chi connectivity index (χ0) is 15.6. The lowest BCUT2D eigenvalue weighted by Gasteiger charge is -2.35. The third kappa shape index (κ3) is 3.00. The Morgan fingerprint density at radius 1 is 1.22 bits per heavy atom. The average molecular weight is 313 g/mol. The van der Waals surface area contributed by atoms with E-state index in [1.807, 2.05) is 12.3 Å². The van der Waals surface area contributed by atoms with Gasteiger partial charge in [0.25, 0.3) is 0 Å². The molecule has 4 rings (SSSR count). The molecule has 0 amide bonds. The maximum atomic E-state index is 4.97. The highest BCUT2D eigenvalue weighted by Gasteiger charge is 2.27. The summed E-state index contributed by atoms with van der Waals surface area (Å²) < 4.78 is 2.44. The van der Waals surface area contributed by atoms with E-state index >= 15 is 0 Å². The van der Waals surface area contributed by atoms with E-state index in [-0.39, 0.29) is 0 Å². The Morgan fingerprint density at radius 2 is 2.09 bits per heavy atom. The second-order valence-electron chi connectivity index (χ2n) is 7.10. The molecule has 0 aliphatic carbocycles. The SMILES string of the molecule is CN1CCCCC1n1c(CC2CCNCC2)nc2cccnc21. The highest BCUT2D eigenvalue weighted by atomic mass is 15.3. The summed E-state index contributed by atoms with van der Waals surface area (Å²) in [7, 11) is 2.24. The number of nitrogens with zero attached hydrogens (tertiary/aromatic N) is 4. The molecule has 2 aromatic heterocycles. The molecule has 0 bridgehead atoms. The molecule has 2 aliphatic heterocycles. The Hall–Kier alpha value is -1.46. The van der Waals surface area contributed by atoms with E-state index in [4.69, 9.17) is 4.98 Å². The molecule has 1 atom stereocenters. The molecule has 1 N–H and O–H groups in total. The molecule has 1 unspecified atom stereocenters. The van der Waals surface area contributed by atoms with Crippen LogP contribution in [0.3, 0.4) is 0 Å². The molecule has 0 aromatic carbocycles. The number of pyridine rings is 1. The number of imidazole rings is 1. The first-order valence-corrected chi connectivity index (χ1v) is 9.06. The molecule has 0 radical (unpaired) electrons. The third-order valence-corrected chi connectivity index (χ3v) is 5.48. The molecule has 0 saturated carbocycles. The second kappa shape index (κ2) is 6.57. The van der Waals surface area contributed by atoms with Gasteiger partial charge in [-0.15, -0.1) is 0 Å². The molecule has 4 heterocycles. The summed E-state index contributed by atoms with van der Waals surface area (Å²) >= 11 is 0. The van der Waals surface area contributed by atoms with Gasteiger partial charge in [-0.05, 0) is 76.8 Å². The highest BCUT2D eigenvalue weighted by Crippen LogP contribution is 2.30. The van der Waals surface area contributed by atoms with Crippen LogP contribution in [0.15, 0.2) is 18.3 Å². The van der Waals surface area contributed by atoms with Crippen LogP contribution in [0.4, 0.5) is 0 Å². The first-order valence-electron chi connectivity index (χ1n) is 9.06. The van der Waals surface area contributed by atoms with Crippen molar-refractivity contribution in [1.29, 1.82) is 0 Å². The van der Waals surface area contributed by atoms with Crippen molar-refractivity contribution < 1.29 is 0 Å². The van der Waals surface area contributed by atoms with Gasteiger partial charge >= 0.3 is 0 Å². The van der Waals surface area contributed by atoms with Crippen LogP contribution in [0.25, 0.3) is 11.2 Å². The summed E-state index contributed by atoms with van der Waals surface area (Å²) in [5.41, 5.74) is 2.12. The number of aromatic nitrogens is 3. The van der Waals surface area contributed by atoms with Crippen molar-refractivity contribution in [1.82, 2.24) is 24.8 Å². The van der Waals surface area contributed by atoms with Gasteiger partial charge in [-0.2, -0.15) is 0 Å². The Balaban J connectivity index is 1.71. The van der Waals surface area contributed by atoms with Gasteiger partial charge in [0.2, 0.25) is 0 Å². The smallest absolute Gasteiger partial charge is 0.161 e. The van der Waals surface area contributed by atoms with Crippen molar-refractivity contribution in [2.45, 2.75) is 44.7 Å². The molecule has 2 aliphatic rings. The van der Waals surface area contributed by atoms with Gasteiger partial charge in [-0.3, -0.25) is 9.47 Å². The van der Waals surface area contributed by atoms with Crippen LogP contribution in [0.5, 0.6) is 0 Å². The van der Waals surface area contributed by atoms with Crippen molar-refractivity contribution in [3.05, 3.63) is 24.2 Å². The van der Waals surface area contributed by atoms with Crippen molar-refractivity contribution in [3.8, 4) is 0 Å². The summed E-state index contributed by atoms with van der Waals surface area (Å²) in [6.45, 7) is 3.46. The zero-order valence-electron chi connectivity index (χ0n) is 14.0. The summed E-state index contributed by atoms with van der Waals surface area (Å²) in [6.07, 6.45) is 9.73. The minimum Gasteiger partial charge on any atom is -0.317 e. The normalized spacial score (nSPS) is 24.3. The topological polar surface area (TPSA) is 46.0 Å². The molecular formula is C18H27N5. The minimum absolute atomic E-state index is 0.417. The van der Waals surface area contributed by atoms with Crippen molar-refractivity contribution in [2.24, 2.45) is 5.92 Å². The zero-order valence-corrected chi connectivity index (χ0v) is 14.0. The van der Waals surface area contributed by atoms with E-state index in [1.165, 1.54) is 44.5 Å². The summed E-state index contributed by atoms with van der Waals surface area (Å²) in [5.74, 6) is 1.99. The van der Waals surface area contributed by atoms with Crippen LogP contribution < -0.4 is 5.32 Å². The summed E-state index contributed by atoms with van der Waals surface area (Å²) in [4.78, 5) is 12.1. The largest absolute Gasteiger partial charge is 0.317 e. The number of fused-ring (bicyclic) bond motifs is 1. The van der Waals surface area contributed by atoms with Gasteiger partial charge in [0.05, 0.1) is 6.17 Å². The van der Waals surface area contributed by atoms with Crippen LogP contribution >= 0.6 is 0 Å². The maximum Gasteiger partial charge on any atom is 0.161 e. The maximum absolute atomic E-state index is 4.97. The molecule has 0 spiro atoms. The van der Waals surface area contributed by atoms with Crippen LogP contribution in [-0.4, -0.2) is 46.1 Å². The minimum atomic E-state index is 0.417. The third-order valence-electron chi connectivity index (χ3n) is 5.48. The molecular weight excluding hydrogens is 286 g/mol. The lowest BCUT2D eigenvalue weighted by atomic mass is 9.94. The van der Waals surface area contributed by atoms with Crippen LogP contribution in [0, 0.1) is 5.92 Å². The van der Waals surface area contributed by atoms with Crippen LogP contribution in [0.2, 0.25) is 0 Å². The van der Waals surface area contributed by atoms with E-state index in [0.29, 0.717) is 6.17 Å². The summed E-state index contributed by atoms with van der Waals surface area (Å²) in [6, 6.07) is 4.10. The van der Waals surface area contributed by atoms with Gasteiger partial charge < -0.3 is 5.32 Å². The Morgan fingerprint density at radius 3 is 2.91 bits per heavy atom. The Kier molecular flexibility index (Phi) is 4.31. The Labute approximate surface area is 138 Å². The number of hydrogen-bond donors (Lipinski definition) is 1. The van der Waals surface area contributed by atoms with Crippen molar-refractivity contribution in [2.75, 3.05) is 26.7 Å². The average Bonchev–Trinajstić information content (AvgIpc) is 2.94. The van der Waals surface area contributed by atoms with E-state index in [2.05, 4.69) is 32.9 Å².